The largest absolute Gasteiger partial charge is 0.359 e. The van der Waals surface area contributed by atoms with E-state index in [4.69, 9.17) is 5.39 Å². The summed E-state index contributed by atoms with van der Waals surface area (Å²) in [7, 11) is 0. The molecule has 80 valence electrons. The van der Waals surface area contributed by atoms with Crippen LogP contribution >= 0.6 is 0 Å². The second-order valence-corrected chi connectivity index (χ2v) is 3.74. The van der Waals surface area contributed by atoms with Gasteiger partial charge in [-0.15, -0.1) is 0 Å². The number of aromatic amines is 1. The minimum absolute atomic E-state index is 0.274. The van der Waals surface area contributed by atoms with Gasteiger partial charge < -0.3 is 4.98 Å². The predicted octanol–water partition coefficient (Wildman–Crippen LogP) is 2.86. The van der Waals surface area contributed by atoms with Gasteiger partial charge in [-0.2, -0.15) is 0 Å². The van der Waals surface area contributed by atoms with Crippen LogP contribution in [-0.2, 0) is 6.42 Å². The standard InChI is InChI=1S/C12H13N4/c1-9-14-8-12(15-9)11(16-13)7-10-5-3-2-4-6-10/h2-6,8,11H,7H2,1H3,(H,14,15)/q+1. The van der Waals surface area contributed by atoms with Gasteiger partial charge in [-0.25, -0.2) is 4.98 Å². The Labute approximate surface area is 94.0 Å². The number of nitrogens with one attached hydrogen (secondary N) is 1. The highest BCUT2D eigenvalue weighted by Crippen LogP contribution is 2.20. The molecule has 0 aliphatic rings. The molecule has 0 spiro atoms. The number of H-pyrrole nitrogens is 1. The highest BCUT2D eigenvalue weighted by Gasteiger charge is 2.25. The molecule has 1 atom stereocenters. The molecule has 1 aromatic heterocycles. The molecule has 0 amide bonds. The Kier molecular flexibility index (Phi) is 2.97. The van der Waals surface area contributed by atoms with Gasteiger partial charge in [0.1, 0.15) is 16.5 Å². The third-order valence-electron chi connectivity index (χ3n) is 2.49. The molecular weight excluding hydrogens is 200 g/mol. The molecule has 2 rings (SSSR count). The van der Waals surface area contributed by atoms with Crippen LogP contribution in [0.1, 0.15) is 23.1 Å². The molecule has 1 unspecified atom stereocenters. The first-order chi connectivity index (χ1) is 7.79. The van der Waals surface area contributed by atoms with Gasteiger partial charge in [0.25, 0.3) is 0 Å². The van der Waals surface area contributed by atoms with Gasteiger partial charge >= 0.3 is 6.04 Å². The van der Waals surface area contributed by atoms with Crippen molar-refractivity contribution < 1.29 is 0 Å². The van der Waals surface area contributed by atoms with E-state index in [-0.39, 0.29) is 6.04 Å². The fraction of sp³-hybridized carbons (Fsp3) is 0.250. The number of aromatic nitrogens is 2. The molecule has 0 aliphatic heterocycles. The summed E-state index contributed by atoms with van der Waals surface area (Å²) in [4.78, 5) is 10.6. The summed E-state index contributed by atoms with van der Waals surface area (Å²) in [5.41, 5.74) is 1.97. The average Bonchev–Trinajstić information content (AvgIpc) is 2.74. The smallest absolute Gasteiger partial charge is 0.339 e. The Morgan fingerprint density at radius 3 is 2.69 bits per heavy atom. The highest BCUT2D eigenvalue weighted by atomic mass is 15.0. The lowest BCUT2D eigenvalue weighted by Gasteiger charge is -1.97. The minimum Gasteiger partial charge on any atom is -0.339 e. The van der Waals surface area contributed by atoms with E-state index in [1.54, 1.807) is 6.20 Å². The number of aryl methyl sites for hydroxylation is 1. The predicted molar refractivity (Wildman–Crippen MR) is 61.3 cm³/mol. The molecule has 4 nitrogen and oxygen atoms in total. The van der Waals surface area contributed by atoms with Crippen LogP contribution in [0, 0.1) is 12.3 Å². The van der Waals surface area contributed by atoms with Crippen LogP contribution in [0.3, 0.4) is 0 Å². The van der Waals surface area contributed by atoms with Crippen molar-refractivity contribution in [2.24, 2.45) is 0 Å². The zero-order valence-corrected chi connectivity index (χ0v) is 9.09. The molecule has 0 radical (unpaired) electrons. The minimum atomic E-state index is -0.274. The van der Waals surface area contributed by atoms with Gasteiger partial charge in [-0.3, -0.25) is 0 Å². The van der Waals surface area contributed by atoms with Crippen LogP contribution in [0.15, 0.2) is 36.5 Å². The first kappa shape index (κ1) is 10.4. The number of diazo groups is 1. The fourth-order valence-corrected chi connectivity index (χ4v) is 1.66. The van der Waals surface area contributed by atoms with Gasteiger partial charge in [0.2, 0.25) is 5.39 Å². The number of hydrogen-bond acceptors (Lipinski definition) is 2. The maximum Gasteiger partial charge on any atom is 0.359 e. The molecule has 0 bridgehead atoms. The van der Waals surface area contributed by atoms with Crippen LogP contribution in [0.5, 0.6) is 0 Å². The van der Waals surface area contributed by atoms with E-state index in [0.29, 0.717) is 6.42 Å². The van der Waals surface area contributed by atoms with Crippen molar-refractivity contribution in [2.75, 3.05) is 0 Å². The van der Waals surface area contributed by atoms with Crippen LogP contribution in [-0.4, -0.2) is 9.97 Å². The third kappa shape index (κ3) is 2.26. The zero-order chi connectivity index (χ0) is 11.4. The van der Waals surface area contributed by atoms with Crippen LogP contribution in [0.2, 0.25) is 0 Å². The first-order valence-corrected chi connectivity index (χ1v) is 5.19. The molecule has 1 heterocycles. The van der Waals surface area contributed by atoms with E-state index in [1.807, 2.05) is 37.3 Å². The Hall–Kier alpha value is -2.15. The molecule has 16 heavy (non-hydrogen) atoms. The van der Waals surface area contributed by atoms with Crippen molar-refractivity contribution >= 4 is 0 Å². The van der Waals surface area contributed by atoms with E-state index in [9.17, 15) is 0 Å². The van der Waals surface area contributed by atoms with E-state index in [0.717, 1.165) is 17.1 Å². The summed E-state index contributed by atoms with van der Waals surface area (Å²) < 4.78 is 0. The lowest BCUT2D eigenvalue weighted by Crippen LogP contribution is -1.98. The molecule has 1 N–H and O–H groups in total. The Balaban J connectivity index is 2.16. The number of rotatable bonds is 3. The van der Waals surface area contributed by atoms with Crippen molar-refractivity contribution in [1.29, 1.82) is 5.39 Å². The van der Waals surface area contributed by atoms with Gasteiger partial charge in [0.15, 0.2) is 0 Å². The second-order valence-electron chi connectivity index (χ2n) is 3.74. The average molecular weight is 213 g/mol. The number of benzene rings is 1. The van der Waals surface area contributed by atoms with Crippen molar-refractivity contribution in [3.8, 4) is 0 Å². The first-order valence-electron chi connectivity index (χ1n) is 5.19. The Bertz CT molecular complexity index is 495. The quantitative estimate of drug-likeness (QED) is 0.797. The maximum atomic E-state index is 9.03. The van der Waals surface area contributed by atoms with Gasteiger partial charge in [0.05, 0.1) is 12.6 Å². The van der Waals surface area contributed by atoms with Gasteiger partial charge in [-0.1, -0.05) is 30.3 Å². The second kappa shape index (κ2) is 4.58. The van der Waals surface area contributed by atoms with E-state index in [2.05, 4.69) is 14.9 Å². The maximum absolute atomic E-state index is 9.03. The van der Waals surface area contributed by atoms with E-state index >= 15 is 0 Å². The molecular formula is C12H13N4+. The Morgan fingerprint density at radius 2 is 2.12 bits per heavy atom. The van der Waals surface area contributed by atoms with Crippen molar-refractivity contribution in [3.63, 3.8) is 0 Å². The monoisotopic (exact) mass is 213 g/mol. The molecule has 1 aromatic carbocycles. The van der Waals surface area contributed by atoms with E-state index < -0.39 is 0 Å². The van der Waals surface area contributed by atoms with Crippen molar-refractivity contribution in [1.82, 2.24) is 9.97 Å². The SMILES string of the molecule is Cc1ncc(C(Cc2ccccc2)[N+]#N)[nH]1. The molecule has 0 fully saturated rings. The summed E-state index contributed by atoms with van der Waals surface area (Å²) in [6, 6.07) is 9.67. The van der Waals surface area contributed by atoms with Crippen molar-refractivity contribution in [2.45, 2.75) is 19.4 Å². The number of hydrogen-bond donors (Lipinski definition) is 1. The van der Waals surface area contributed by atoms with Gasteiger partial charge in [-0.05, 0) is 12.5 Å². The van der Waals surface area contributed by atoms with Crippen LogP contribution in [0.4, 0.5) is 0 Å². The number of imidazole rings is 1. The summed E-state index contributed by atoms with van der Waals surface area (Å²) in [5, 5.41) is 9.03. The molecule has 4 heteroatoms. The highest BCUT2D eigenvalue weighted by molar-refractivity contribution is 5.20. The molecule has 0 saturated heterocycles. The fourth-order valence-electron chi connectivity index (χ4n) is 1.66. The summed E-state index contributed by atoms with van der Waals surface area (Å²) in [6.07, 6.45) is 2.38. The van der Waals surface area contributed by atoms with Crippen molar-refractivity contribution in [3.05, 3.63) is 58.6 Å². The molecule has 2 aromatic rings. The summed E-state index contributed by atoms with van der Waals surface area (Å²) in [5.74, 6) is 0.830. The van der Waals surface area contributed by atoms with Crippen LogP contribution < -0.4 is 0 Å². The summed E-state index contributed by atoms with van der Waals surface area (Å²) >= 11 is 0. The zero-order valence-electron chi connectivity index (χ0n) is 9.09. The third-order valence-corrected chi connectivity index (χ3v) is 2.49. The molecule has 0 saturated carbocycles. The lowest BCUT2D eigenvalue weighted by molar-refractivity contribution is 0.785. The lowest BCUT2D eigenvalue weighted by atomic mass is 10.0. The number of nitrogens with zero attached hydrogens (tertiary/aromatic N) is 3. The van der Waals surface area contributed by atoms with E-state index in [1.165, 1.54) is 0 Å². The topological polar surface area (TPSA) is 56.8 Å². The van der Waals surface area contributed by atoms with Gasteiger partial charge in [0, 0.05) is 0 Å². The van der Waals surface area contributed by atoms with Crippen LogP contribution in [0.25, 0.3) is 4.98 Å². The summed E-state index contributed by atoms with van der Waals surface area (Å²) in [6.45, 7) is 1.88. The Morgan fingerprint density at radius 1 is 1.38 bits per heavy atom. The molecule has 0 aliphatic carbocycles. The normalized spacial score (nSPS) is 12.0.